The molecule has 3 nitrogen and oxygen atoms in total. The summed E-state index contributed by atoms with van der Waals surface area (Å²) in [6, 6.07) is 4.54. The van der Waals surface area contributed by atoms with Crippen LogP contribution in [0.2, 0.25) is 5.02 Å². The smallest absolute Gasteiger partial charge is 0.251 e. The number of carbonyl (C=O) groups excluding carboxylic acids is 2. The Balaban J connectivity index is 2.81. The number of Topliss-reactive ketones (excluding diaryl/α,β-unsaturated/α-hetero) is 1. The van der Waals surface area contributed by atoms with Gasteiger partial charge in [-0.15, -0.1) is 0 Å². The molecule has 0 bridgehead atoms. The molecule has 0 aliphatic heterocycles. The van der Waals surface area contributed by atoms with Gasteiger partial charge in [0.05, 0.1) is 11.1 Å². The molecule has 1 unspecified atom stereocenters. The van der Waals surface area contributed by atoms with Gasteiger partial charge < -0.3 is 5.32 Å². The molecule has 0 aliphatic carbocycles. The molecule has 0 aliphatic rings. The number of nitrogens with one attached hydrogen (secondary N) is 1. The van der Waals surface area contributed by atoms with Gasteiger partial charge in [0.25, 0.3) is 5.91 Å². The van der Waals surface area contributed by atoms with E-state index in [1.807, 2.05) is 0 Å². The minimum Gasteiger partial charge on any atom is -0.343 e. The maximum atomic E-state index is 11.7. The van der Waals surface area contributed by atoms with Crippen LogP contribution >= 0.6 is 34.2 Å². The first-order valence-electron chi connectivity index (χ1n) is 4.68. The van der Waals surface area contributed by atoms with Gasteiger partial charge in [0.1, 0.15) is 0 Å². The fourth-order valence-corrected chi connectivity index (χ4v) is 1.54. The predicted octanol–water partition coefficient (Wildman–Crippen LogP) is 2.65. The molecule has 1 aromatic carbocycles. The van der Waals surface area contributed by atoms with E-state index in [9.17, 15) is 9.59 Å². The van der Waals surface area contributed by atoms with E-state index in [4.69, 9.17) is 11.6 Å². The Hall–Kier alpha value is -0.620. The summed E-state index contributed by atoms with van der Waals surface area (Å²) in [7, 11) is 0. The second-order valence-electron chi connectivity index (χ2n) is 3.43. The highest BCUT2D eigenvalue weighted by Crippen LogP contribution is 2.19. The maximum absolute atomic E-state index is 11.7. The Morgan fingerprint density at radius 3 is 2.56 bits per heavy atom. The van der Waals surface area contributed by atoms with Crippen LogP contribution in [0, 0.1) is 3.57 Å². The van der Waals surface area contributed by atoms with Gasteiger partial charge in [0.15, 0.2) is 5.78 Å². The molecule has 1 aromatic rings. The number of carbonyl (C=O) groups is 2. The summed E-state index contributed by atoms with van der Waals surface area (Å²) in [6.07, 6.45) is 0. The SMILES string of the molecule is CC(=O)C(C)NC(=O)c1ccc(I)c(Cl)c1. The molecule has 0 fully saturated rings. The molecule has 0 radical (unpaired) electrons. The molecule has 0 heterocycles. The molecular formula is C11H11ClINO2. The van der Waals surface area contributed by atoms with Crippen LogP contribution in [-0.4, -0.2) is 17.7 Å². The Morgan fingerprint density at radius 1 is 1.44 bits per heavy atom. The Kier molecular flexibility index (Phi) is 4.73. The lowest BCUT2D eigenvalue weighted by Gasteiger charge is -2.10. The lowest BCUT2D eigenvalue weighted by molar-refractivity contribution is -0.118. The molecule has 0 spiro atoms. The molecule has 5 heteroatoms. The van der Waals surface area contributed by atoms with Crippen molar-refractivity contribution in [2.75, 3.05) is 0 Å². The van der Waals surface area contributed by atoms with Crippen LogP contribution in [0.5, 0.6) is 0 Å². The fourth-order valence-electron chi connectivity index (χ4n) is 1.02. The van der Waals surface area contributed by atoms with E-state index in [1.54, 1.807) is 25.1 Å². The first-order chi connectivity index (χ1) is 7.41. The predicted molar refractivity (Wildman–Crippen MR) is 71.8 cm³/mol. The third-order valence-corrected chi connectivity index (χ3v) is 3.71. The number of hydrogen-bond donors (Lipinski definition) is 1. The summed E-state index contributed by atoms with van der Waals surface area (Å²) in [5.74, 6) is -0.369. The second-order valence-corrected chi connectivity index (χ2v) is 5.00. The van der Waals surface area contributed by atoms with Crippen molar-refractivity contribution in [2.45, 2.75) is 19.9 Å². The van der Waals surface area contributed by atoms with Crippen molar-refractivity contribution >= 4 is 45.9 Å². The molecule has 0 aromatic heterocycles. The third-order valence-electron chi connectivity index (χ3n) is 2.14. The summed E-state index contributed by atoms with van der Waals surface area (Å²) in [6.45, 7) is 3.08. The molecule has 0 saturated heterocycles. The monoisotopic (exact) mass is 351 g/mol. The summed E-state index contributed by atoms with van der Waals surface area (Å²) in [5.41, 5.74) is 0.457. The third kappa shape index (κ3) is 3.45. The lowest BCUT2D eigenvalue weighted by atomic mass is 10.2. The Labute approximate surface area is 113 Å². The van der Waals surface area contributed by atoms with E-state index in [0.29, 0.717) is 10.6 Å². The summed E-state index contributed by atoms with van der Waals surface area (Å²) in [5, 5.41) is 3.12. The molecule has 1 rings (SSSR count). The molecule has 0 saturated carbocycles. The van der Waals surface area contributed by atoms with Crippen LogP contribution < -0.4 is 5.32 Å². The topological polar surface area (TPSA) is 46.2 Å². The van der Waals surface area contributed by atoms with Crippen LogP contribution in [0.25, 0.3) is 0 Å². The minimum atomic E-state index is -0.481. The highest BCUT2D eigenvalue weighted by atomic mass is 127. The molecular weight excluding hydrogens is 340 g/mol. The van der Waals surface area contributed by atoms with Gasteiger partial charge in [-0.1, -0.05) is 11.6 Å². The van der Waals surface area contributed by atoms with Gasteiger partial charge in [-0.05, 0) is 54.6 Å². The second kappa shape index (κ2) is 5.63. The van der Waals surface area contributed by atoms with Crippen molar-refractivity contribution in [2.24, 2.45) is 0 Å². The Bertz CT molecular complexity index is 434. The van der Waals surface area contributed by atoms with Gasteiger partial charge >= 0.3 is 0 Å². The summed E-state index contributed by atoms with van der Waals surface area (Å²) < 4.78 is 0.885. The van der Waals surface area contributed by atoms with Gasteiger partial charge in [-0.3, -0.25) is 9.59 Å². The largest absolute Gasteiger partial charge is 0.343 e. The molecule has 1 N–H and O–H groups in total. The van der Waals surface area contributed by atoms with E-state index in [1.165, 1.54) is 6.92 Å². The van der Waals surface area contributed by atoms with E-state index < -0.39 is 6.04 Å². The zero-order chi connectivity index (χ0) is 12.3. The van der Waals surface area contributed by atoms with Crippen molar-refractivity contribution in [3.8, 4) is 0 Å². The normalized spacial score (nSPS) is 12.0. The molecule has 86 valence electrons. The van der Waals surface area contributed by atoms with Gasteiger partial charge in [-0.25, -0.2) is 0 Å². The van der Waals surface area contributed by atoms with Gasteiger partial charge in [-0.2, -0.15) is 0 Å². The van der Waals surface area contributed by atoms with E-state index in [-0.39, 0.29) is 11.7 Å². The van der Waals surface area contributed by atoms with E-state index >= 15 is 0 Å². The average molecular weight is 352 g/mol. The van der Waals surface area contributed by atoms with Crippen molar-refractivity contribution < 1.29 is 9.59 Å². The average Bonchev–Trinajstić information content (AvgIpc) is 2.21. The molecule has 16 heavy (non-hydrogen) atoms. The highest BCUT2D eigenvalue weighted by molar-refractivity contribution is 14.1. The van der Waals surface area contributed by atoms with E-state index in [2.05, 4.69) is 27.9 Å². The zero-order valence-electron chi connectivity index (χ0n) is 8.88. The van der Waals surface area contributed by atoms with Crippen LogP contribution in [0.15, 0.2) is 18.2 Å². The zero-order valence-corrected chi connectivity index (χ0v) is 11.8. The summed E-state index contributed by atoms with van der Waals surface area (Å²) in [4.78, 5) is 22.7. The molecule has 1 atom stereocenters. The van der Waals surface area contributed by atoms with Crippen molar-refractivity contribution in [3.63, 3.8) is 0 Å². The Morgan fingerprint density at radius 2 is 2.06 bits per heavy atom. The quantitative estimate of drug-likeness (QED) is 0.851. The van der Waals surface area contributed by atoms with E-state index in [0.717, 1.165) is 3.57 Å². The number of rotatable bonds is 3. The molecule has 1 amide bonds. The van der Waals surface area contributed by atoms with Crippen LogP contribution in [0.1, 0.15) is 24.2 Å². The highest BCUT2D eigenvalue weighted by Gasteiger charge is 2.13. The van der Waals surface area contributed by atoms with Crippen molar-refractivity contribution in [3.05, 3.63) is 32.4 Å². The van der Waals surface area contributed by atoms with Crippen molar-refractivity contribution in [1.82, 2.24) is 5.32 Å². The van der Waals surface area contributed by atoms with Crippen molar-refractivity contribution in [1.29, 1.82) is 0 Å². The van der Waals surface area contributed by atoms with Gasteiger partial charge in [0.2, 0.25) is 0 Å². The number of benzene rings is 1. The van der Waals surface area contributed by atoms with Crippen LogP contribution in [-0.2, 0) is 4.79 Å². The summed E-state index contributed by atoms with van der Waals surface area (Å²) >= 11 is 7.99. The first-order valence-corrected chi connectivity index (χ1v) is 6.14. The number of halogens is 2. The lowest BCUT2D eigenvalue weighted by Crippen LogP contribution is -2.37. The number of ketones is 1. The fraction of sp³-hybridized carbons (Fsp3) is 0.273. The number of amides is 1. The standard InChI is InChI=1S/C11H11ClINO2/c1-6(7(2)15)14-11(16)8-3-4-10(13)9(12)5-8/h3-6H,1-2H3,(H,14,16). The minimum absolute atomic E-state index is 0.0787. The first kappa shape index (κ1) is 13.4. The maximum Gasteiger partial charge on any atom is 0.251 e. The number of hydrogen-bond acceptors (Lipinski definition) is 2. The van der Waals surface area contributed by atoms with Crippen LogP contribution in [0.3, 0.4) is 0 Å². The van der Waals surface area contributed by atoms with Gasteiger partial charge in [0, 0.05) is 9.13 Å². The van der Waals surface area contributed by atoms with Crippen LogP contribution in [0.4, 0.5) is 0 Å².